The highest BCUT2D eigenvalue weighted by Crippen LogP contribution is 2.21. The molecular formula is C5H3N3S3. The number of hydrogen-bond acceptors (Lipinski definition) is 5. The lowest BCUT2D eigenvalue weighted by Gasteiger charge is -1.80. The van der Waals surface area contributed by atoms with E-state index in [-0.39, 0.29) is 0 Å². The molecule has 0 atom stereocenters. The maximum atomic E-state index is 4.89. The number of nitrogens with zero attached hydrogens (tertiary/aromatic N) is 2. The van der Waals surface area contributed by atoms with E-state index in [4.69, 9.17) is 12.2 Å². The molecule has 0 spiro atoms. The third kappa shape index (κ3) is 1.37. The number of rotatable bonds is 1. The Hall–Kier alpha value is -0.590. The summed E-state index contributed by atoms with van der Waals surface area (Å²) in [6.45, 7) is 0. The van der Waals surface area contributed by atoms with Crippen LogP contribution in [0.15, 0.2) is 11.6 Å². The molecule has 11 heavy (non-hydrogen) atoms. The molecule has 6 heteroatoms. The highest BCUT2D eigenvalue weighted by atomic mass is 32.1. The molecule has 0 aliphatic carbocycles. The molecule has 0 unspecified atom stereocenters. The van der Waals surface area contributed by atoms with E-state index in [0.29, 0.717) is 3.95 Å². The van der Waals surface area contributed by atoms with Gasteiger partial charge in [0.15, 0.2) is 3.95 Å². The predicted molar refractivity (Wildman–Crippen MR) is 48.4 cm³/mol. The van der Waals surface area contributed by atoms with Crippen LogP contribution in [0.1, 0.15) is 0 Å². The van der Waals surface area contributed by atoms with E-state index in [1.54, 1.807) is 6.20 Å². The number of aromatic nitrogens is 3. The van der Waals surface area contributed by atoms with Crippen molar-refractivity contribution >= 4 is 35.1 Å². The van der Waals surface area contributed by atoms with E-state index < -0.39 is 0 Å². The normalized spacial score (nSPS) is 10.2. The van der Waals surface area contributed by atoms with Gasteiger partial charge in [-0.1, -0.05) is 11.3 Å². The summed E-state index contributed by atoms with van der Waals surface area (Å²) in [6.07, 6.45) is 1.78. The Morgan fingerprint density at radius 1 is 1.55 bits per heavy atom. The van der Waals surface area contributed by atoms with E-state index in [1.807, 2.05) is 5.38 Å². The summed E-state index contributed by atoms with van der Waals surface area (Å²) in [7, 11) is 0. The number of nitrogens with one attached hydrogen (secondary N) is 1. The third-order valence-electron chi connectivity index (χ3n) is 1.12. The van der Waals surface area contributed by atoms with Crippen LogP contribution in [-0.4, -0.2) is 14.6 Å². The van der Waals surface area contributed by atoms with Gasteiger partial charge in [-0.25, -0.2) is 4.37 Å². The Morgan fingerprint density at radius 3 is 3.00 bits per heavy atom. The standard InChI is InChI=1S/C5H3N3S3/c9-5-8-7-4(11-5)3-1-6-10-2-3/h1-2H,(H,8,9). The van der Waals surface area contributed by atoms with Gasteiger partial charge in [0.2, 0.25) is 0 Å². The molecule has 0 fully saturated rings. The summed E-state index contributed by atoms with van der Waals surface area (Å²) in [5.41, 5.74) is 1.03. The van der Waals surface area contributed by atoms with Crippen molar-refractivity contribution in [1.29, 1.82) is 0 Å². The largest absolute Gasteiger partial charge is 0.258 e. The molecule has 3 nitrogen and oxygen atoms in total. The molecular weight excluding hydrogens is 198 g/mol. The molecule has 56 valence electrons. The summed E-state index contributed by atoms with van der Waals surface area (Å²) < 4.78 is 4.67. The highest BCUT2D eigenvalue weighted by molar-refractivity contribution is 7.73. The van der Waals surface area contributed by atoms with Gasteiger partial charge < -0.3 is 0 Å². The van der Waals surface area contributed by atoms with Crippen molar-refractivity contribution in [2.75, 3.05) is 0 Å². The third-order valence-corrected chi connectivity index (χ3v) is 2.84. The fourth-order valence-corrected chi connectivity index (χ4v) is 2.13. The van der Waals surface area contributed by atoms with Crippen molar-refractivity contribution in [2.24, 2.45) is 0 Å². The summed E-state index contributed by atoms with van der Waals surface area (Å²) in [6, 6.07) is 0. The highest BCUT2D eigenvalue weighted by Gasteiger charge is 2.01. The molecule has 0 aromatic carbocycles. The van der Waals surface area contributed by atoms with Crippen molar-refractivity contribution < 1.29 is 0 Å². The topological polar surface area (TPSA) is 41.6 Å². The molecule has 2 aromatic heterocycles. The number of H-pyrrole nitrogens is 1. The van der Waals surface area contributed by atoms with Crippen molar-refractivity contribution in [3.8, 4) is 10.6 Å². The minimum absolute atomic E-state index is 0.700. The van der Waals surface area contributed by atoms with E-state index in [0.717, 1.165) is 10.6 Å². The molecule has 0 amide bonds. The first kappa shape index (κ1) is 7.08. The fraction of sp³-hybridized carbons (Fsp3) is 0. The van der Waals surface area contributed by atoms with Crippen LogP contribution in [0.25, 0.3) is 10.6 Å². The lowest BCUT2D eigenvalue weighted by molar-refractivity contribution is 1.08. The van der Waals surface area contributed by atoms with Crippen LogP contribution < -0.4 is 0 Å². The molecule has 2 rings (SSSR count). The summed E-state index contributed by atoms with van der Waals surface area (Å²) in [5, 5.41) is 9.58. The number of aromatic amines is 1. The minimum Gasteiger partial charge on any atom is -0.258 e. The summed E-state index contributed by atoms with van der Waals surface area (Å²) >= 11 is 7.76. The van der Waals surface area contributed by atoms with Crippen molar-refractivity contribution in [1.82, 2.24) is 14.6 Å². The smallest absolute Gasteiger partial charge is 0.176 e. The average Bonchev–Trinajstić information content (AvgIpc) is 2.55. The summed E-state index contributed by atoms with van der Waals surface area (Å²) in [4.78, 5) is 0. The van der Waals surface area contributed by atoms with Gasteiger partial charge in [0.25, 0.3) is 0 Å². The van der Waals surface area contributed by atoms with Crippen LogP contribution in [-0.2, 0) is 0 Å². The second-order valence-electron chi connectivity index (χ2n) is 1.83. The fourth-order valence-electron chi connectivity index (χ4n) is 0.664. The van der Waals surface area contributed by atoms with Crippen LogP contribution in [0.4, 0.5) is 0 Å². The first-order valence-electron chi connectivity index (χ1n) is 2.81. The minimum atomic E-state index is 0.700. The maximum Gasteiger partial charge on any atom is 0.176 e. The SMILES string of the molecule is S=c1[nH]nc(-c2cnsc2)s1. The van der Waals surface area contributed by atoms with Crippen molar-refractivity contribution in [3.05, 3.63) is 15.5 Å². The van der Waals surface area contributed by atoms with Gasteiger partial charge in [0.05, 0.1) is 6.20 Å². The Morgan fingerprint density at radius 2 is 2.45 bits per heavy atom. The zero-order valence-electron chi connectivity index (χ0n) is 5.27. The lowest BCUT2D eigenvalue weighted by atomic mass is 10.4. The van der Waals surface area contributed by atoms with Crippen LogP contribution >= 0.6 is 35.1 Å². The first-order chi connectivity index (χ1) is 5.36. The lowest BCUT2D eigenvalue weighted by Crippen LogP contribution is -1.70. The van der Waals surface area contributed by atoms with E-state index in [9.17, 15) is 0 Å². The molecule has 0 saturated carbocycles. The zero-order chi connectivity index (χ0) is 7.68. The van der Waals surface area contributed by atoms with Gasteiger partial charge in [-0.05, 0) is 23.8 Å². The Labute approximate surface area is 75.9 Å². The van der Waals surface area contributed by atoms with E-state index >= 15 is 0 Å². The molecule has 0 aliphatic rings. The van der Waals surface area contributed by atoms with Crippen LogP contribution in [0.2, 0.25) is 0 Å². The van der Waals surface area contributed by atoms with E-state index in [1.165, 1.54) is 22.9 Å². The second-order valence-corrected chi connectivity index (χ2v) is 4.15. The first-order valence-corrected chi connectivity index (χ1v) is 4.87. The van der Waals surface area contributed by atoms with Gasteiger partial charge in [0, 0.05) is 10.9 Å². The van der Waals surface area contributed by atoms with Crippen LogP contribution in [0.5, 0.6) is 0 Å². The quantitative estimate of drug-likeness (QED) is 0.720. The van der Waals surface area contributed by atoms with Crippen LogP contribution in [0, 0.1) is 3.95 Å². The predicted octanol–water partition coefficient (Wildman–Crippen LogP) is 2.32. The molecule has 0 saturated heterocycles. The zero-order valence-corrected chi connectivity index (χ0v) is 7.72. The maximum absolute atomic E-state index is 4.89. The molecule has 0 radical (unpaired) electrons. The van der Waals surface area contributed by atoms with Gasteiger partial charge in [-0.2, -0.15) is 5.10 Å². The molecule has 2 heterocycles. The van der Waals surface area contributed by atoms with Crippen molar-refractivity contribution in [2.45, 2.75) is 0 Å². The Kier molecular flexibility index (Phi) is 1.80. The monoisotopic (exact) mass is 201 g/mol. The second kappa shape index (κ2) is 2.80. The van der Waals surface area contributed by atoms with Gasteiger partial charge in [0.1, 0.15) is 5.01 Å². The van der Waals surface area contributed by atoms with Gasteiger partial charge in [-0.15, -0.1) is 0 Å². The van der Waals surface area contributed by atoms with Crippen LogP contribution in [0.3, 0.4) is 0 Å². The summed E-state index contributed by atoms with van der Waals surface area (Å²) in [5.74, 6) is 0. The Bertz CT molecular complexity index is 385. The van der Waals surface area contributed by atoms with Gasteiger partial charge in [-0.3, -0.25) is 5.10 Å². The average molecular weight is 201 g/mol. The molecule has 2 aromatic rings. The molecule has 1 N–H and O–H groups in total. The Balaban J connectivity index is 2.53. The van der Waals surface area contributed by atoms with E-state index in [2.05, 4.69) is 14.6 Å². The van der Waals surface area contributed by atoms with Crippen molar-refractivity contribution in [3.63, 3.8) is 0 Å². The molecule has 0 aliphatic heterocycles. The van der Waals surface area contributed by atoms with Gasteiger partial charge >= 0.3 is 0 Å². The number of hydrogen-bond donors (Lipinski definition) is 1. The molecule has 0 bridgehead atoms.